The van der Waals surface area contributed by atoms with E-state index in [1.165, 1.54) is 60.8 Å². The van der Waals surface area contributed by atoms with Crippen molar-refractivity contribution in [1.82, 2.24) is 0 Å². The predicted molar refractivity (Wildman–Crippen MR) is 233 cm³/mol. The van der Waals surface area contributed by atoms with Crippen LogP contribution < -0.4 is 20.2 Å². The maximum Gasteiger partial charge on any atom is 0.0569 e. The van der Waals surface area contributed by atoms with E-state index in [0.717, 1.165) is 47.6 Å². The lowest BCUT2D eigenvalue weighted by Gasteiger charge is -2.35. The Morgan fingerprint density at radius 1 is 0.717 bits per heavy atom. The Hall–Kier alpha value is -5.60. The van der Waals surface area contributed by atoms with Crippen LogP contribution in [0.4, 0.5) is 22.7 Å². The summed E-state index contributed by atoms with van der Waals surface area (Å²) in [7, 11) is 0. The lowest BCUT2D eigenvalue weighted by Crippen LogP contribution is -2.42. The fraction of sp³-hybridized carbons (Fsp3) is 0.216. The monoisotopic (exact) mass is 694 g/mol. The topological polar surface area (TPSA) is 6.48 Å². The number of allylic oxidation sites excluding steroid dienone is 3. The van der Waals surface area contributed by atoms with Crippen molar-refractivity contribution in [3.05, 3.63) is 189 Å². The summed E-state index contributed by atoms with van der Waals surface area (Å²) in [4.78, 5) is 4.90. The largest absolute Gasteiger partial charge is 0.340 e. The lowest BCUT2D eigenvalue weighted by atomic mass is 9.81. The number of anilines is 4. The first-order valence-electron chi connectivity index (χ1n) is 19.0. The molecule has 1 aliphatic carbocycles. The summed E-state index contributed by atoms with van der Waals surface area (Å²) >= 11 is 0. The van der Waals surface area contributed by atoms with E-state index in [1.807, 2.05) is 12.2 Å². The first-order chi connectivity index (χ1) is 25.6. The summed E-state index contributed by atoms with van der Waals surface area (Å²) in [5.74, 6) is 0.267. The summed E-state index contributed by atoms with van der Waals surface area (Å²) in [6.45, 7) is 25.0. The molecular weight excluding hydrogens is 641 g/mol. The van der Waals surface area contributed by atoms with Gasteiger partial charge >= 0.3 is 0 Å². The third-order valence-electron chi connectivity index (χ3n) is 10.4. The molecule has 5 aromatic carbocycles. The van der Waals surface area contributed by atoms with E-state index in [1.54, 1.807) is 0 Å². The van der Waals surface area contributed by atoms with E-state index in [4.69, 9.17) is 0 Å². The van der Waals surface area contributed by atoms with Crippen molar-refractivity contribution in [2.75, 3.05) is 16.3 Å². The van der Waals surface area contributed by atoms with Gasteiger partial charge in [0, 0.05) is 46.0 Å². The Morgan fingerprint density at radius 2 is 1.25 bits per heavy atom. The fourth-order valence-electron chi connectivity index (χ4n) is 7.83. The van der Waals surface area contributed by atoms with Gasteiger partial charge in [0.15, 0.2) is 0 Å². The molecule has 0 radical (unpaired) electrons. The minimum Gasteiger partial charge on any atom is -0.340 e. The van der Waals surface area contributed by atoms with Gasteiger partial charge in [-0.05, 0) is 117 Å². The number of benzene rings is 5. The van der Waals surface area contributed by atoms with Crippen LogP contribution in [0.2, 0.25) is 0 Å². The van der Waals surface area contributed by atoms with E-state index in [-0.39, 0.29) is 5.92 Å². The Morgan fingerprint density at radius 3 is 1.77 bits per heavy atom. The first kappa shape index (κ1) is 37.2. The normalized spacial score (nSPS) is 14.3. The van der Waals surface area contributed by atoms with Gasteiger partial charge in [0.2, 0.25) is 0 Å². The van der Waals surface area contributed by atoms with E-state index in [2.05, 4.69) is 193 Å². The highest BCUT2D eigenvalue weighted by molar-refractivity contribution is 5.92. The Balaban J connectivity index is 1.60. The zero-order valence-electron chi connectivity index (χ0n) is 32.7. The molecule has 0 N–H and O–H groups in total. The van der Waals surface area contributed by atoms with Gasteiger partial charge in [0.1, 0.15) is 0 Å². The van der Waals surface area contributed by atoms with Gasteiger partial charge in [-0.2, -0.15) is 0 Å². The van der Waals surface area contributed by atoms with Crippen LogP contribution in [-0.4, -0.2) is 6.54 Å². The number of rotatable bonds is 12. The van der Waals surface area contributed by atoms with Crippen molar-refractivity contribution in [2.45, 2.75) is 61.3 Å². The van der Waals surface area contributed by atoms with Gasteiger partial charge in [0.05, 0.1) is 5.69 Å². The standard InChI is InChI=1S/C51H54N2/c1-10-16-35(4)17-15-32-52(41-26-20-36(5)21-27-41)50-39(8)33-49(46-18-13-14-19-47(46)50)48-34-40(9)51(45(12-3)44(48)11-2)53(42-28-22-37(6)23-29-42)43-30-24-38(7)25-31-43/h11-31,34,39H,2-3,10,32-33H2,1,4-9H3/b17-15-,35-16-/t39-/m1/s1. The molecule has 0 amide bonds. The number of aryl methyl sites for hydroxylation is 4. The second-order valence-corrected chi connectivity index (χ2v) is 14.6. The van der Waals surface area contributed by atoms with E-state index < -0.39 is 0 Å². The highest BCUT2D eigenvalue weighted by Crippen LogP contribution is 2.44. The molecule has 0 aliphatic heterocycles. The van der Waals surface area contributed by atoms with Gasteiger partial charge < -0.3 is 9.80 Å². The van der Waals surface area contributed by atoms with Crippen LogP contribution in [0.25, 0.3) is 23.4 Å². The second-order valence-electron chi connectivity index (χ2n) is 14.6. The van der Waals surface area contributed by atoms with E-state index in [9.17, 15) is 0 Å². The zero-order valence-corrected chi connectivity index (χ0v) is 32.7. The number of hydrogen-bond acceptors (Lipinski definition) is 2. The highest BCUT2D eigenvalue weighted by Gasteiger charge is 2.28. The average Bonchev–Trinajstić information content (AvgIpc) is 3.16. The van der Waals surface area contributed by atoms with Crippen molar-refractivity contribution in [3.63, 3.8) is 0 Å². The molecule has 268 valence electrons. The minimum atomic E-state index is 0.267. The summed E-state index contributed by atoms with van der Waals surface area (Å²) in [6, 6.07) is 37.9. The molecule has 6 rings (SSSR count). The molecule has 1 aliphatic rings. The number of nitrogens with zero attached hydrogens (tertiary/aromatic N) is 2. The molecule has 2 nitrogen and oxygen atoms in total. The molecule has 0 saturated carbocycles. The molecule has 2 heteroatoms. The summed E-state index contributed by atoms with van der Waals surface area (Å²) in [5.41, 5.74) is 16.9. The maximum absolute atomic E-state index is 4.41. The van der Waals surface area contributed by atoms with Crippen molar-refractivity contribution in [3.8, 4) is 0 Å². The Bertz CT molecular complexity index is 2250. The van der Waals surface area contributed by atoms with E-state index >= 15 is 0 Å². The van der Waals surface area contributed by atoms with Crippen molar-refractivity contribution in [2.24, 2.45) is 5.92 Å². The molecular formula is C51H54N2. The summed E-state index contributed by atoms with van der Waals surface area (Å²) < 4.78 is 0. The average molecular weight is 695 g/mol. The van der Waals surface area contributed by atoms with Crippen LogP contribution in [0.3, 0.4) is 0 Å². The molecule has 0 bridgehead atoms. The highest BCUT2D eigenvalue weighted by atomic mass is 15.2. The second kappa shape index (κ2) is 16.4. The minimum absolute atomic E-state index is 0.267. The van der Waals surface area contributed by atoms with Gasteiger partial charge in [-0.15, -0.1) is 0 Å². The molecule has 0 fully saturated rings. The predicted octanol–water partition coefficient (Wildman–Crippen LogP) is 12.4. The number of fused-ring (bicyclic) bond motifs is 1. The number of hydrogen-bond donors (Lipinski definition) is 0. The van der Waals surface area contributed by atoms with Gasteiger partial charge in [-0.3, -0.25) is 0 Å². The van der Waals surface area contributed by atoms with Crippen molar-refractivity contribution >= 4 is 46.2 Å². The molecule has 0 saturated heterocycles. The van der Waals surface area contributed by atoms with Crippen LogP contribution in [0, 0.1) is 33.6 Å². The van der Waals surface area contributed by atoms with Gasteiger partial charge in [-0.25, -0.2) is 0 Å². The Kier molecular flexibility index (Phi) is 11.5. The molecule has 0 aromatic heterocycles. The van der Waals surface area contributed by atoms with Crippen LogP contribution >= 0.6 is 0 Å². The van der Waals surface area contributed by atoms with Crippen molar-refractivity contribution in [1.29, 1.82) is 0 Å². The molecule has 53 heavy (non-hydrogen) atoms. The third-order valence-corrected chi connectivity index (χ3v) is 10.4. The molecule has 0 spiro atoms. The van der Waals surface area contributed by atoms with Crippen LogP contribution in [0.15, 0.2) is 140 Å². The first-order valence-corrected chi connectivity index (χ1v) is 19.0. The van der Waals surface area contributed by atoms with Gasteiger partial charge in [0.25, 0.3) is 0 Å². The fourth-order valence-corrected chi connectivity index (χ4v) is 7.83. The SMILES string of the molecule is C=Cc1c(C2=c3ccccc3=C(N(C/C=C\C(C)=C/CC)c3ccc(C)cc3)[C@H](C)C2)cc(C)c(N(c2ccc(C)cc2)c2ccc(C)cc2)c1C=C. The van der Waals surface area contributed by atoms with Crippen LogP contribution in [0.1, 0.15) is 72.6 Å². The molecule has 5 aromatic rings. The van der Waals surface area contributed by atoms with Gasteiger partial charge in [-0.1, -0.05) is 140 Å². The molecule has 1 atom stereocenters. The molecule has 0 unspecified atom stereocenters. The third kappa shape index (κ3) is 7.78. The summed E-state index contributed by atoms with van der Waals surface area (Å²) in [5, 5.41) is 2.57. The van der Waals surface area contributed by atoms with Crippen LogP contribution in [-0.2, 0) is 0 Å². The van der Waals surface area contributed by atoms with Crippen LogP contribution in [0.5, 0.6) is 0 Å². The summed E-state index contributed by atoms with van der Waals surface area (Å²) in [6.07, 6.45) is 12.9. The quantitative estimate of drug-likeness (QED) is 0.120. The lowest BCUT2D eigenvalue weighted by molar-refractivity contribution is 0.729. The van der Waals surface area contributed by atoms with E-state index in [0.29, 0.717) is 0 Å². The zero-order chi connectivity index (χ0) is 37.6. The van der Waals surface area contributed by atoms with Crippen molar-refractivity contribution < 1.29 is 0 Å². The molecule has 0 heterocycles. The Labute approximate surface area is 318 Å². The maximum atomic E-state index is 4.41. The smallest absolute Gasteiger partial charge is 0.0569 e.